The third-order valence-corrected chi connectivity index (χ3v) is 3.04. The summed E-state index contributed by atoms with van der Waals surface area (Å²) < 4.78 is 32.4. The summed E-state index contributed by atoms with van der Waals surface area (Å²) in [6, 6.07) is 5.24. The fourth-order valence-electron chi connectivity index (χ4n) is 1.69. The van der Waals surface area contributed by atoms with Crippen LogP contribution in [0.2, 0.25) is 0 Å². The lowest BCUT2D eigenvalue weighted by atomic mass is 10.1. The van der Waals surface area contributed by atoms with E-state index in [0.29, 0.717) is 17.9 Å². The highest BCUT2D eigenvalue weighted by atomic mass is 79.9. The Hall–Kier alpha value is -1.20. The van der Waals surface area contributed by atoms with Crippen molar-refractivity contribution < 1.29 is 18.3 Å². The molecule has 18 heavy (non-hydrogen) atoms. The summed E-state index contributed by atoms with van der Waals surface area (Å²) in [4.78, 5) is 0. The number of furan rings is 1. The Balaban J connectivity index is 2.40. The molecule has 1 heterocycles. The van der Waals surface area contributed by atoms with Crippen molar-refractivity contribution in [1.29, 1.82) is 0 Å². The van der Waals surface area contributed by atoms with E-state index in [1.807, 2.05) is 0 Å². The lowest BCUT2D eigenvalue weighted by Crippen LogP contribution is -2.02. The van der Waals surface area contributed by atoms with Crippen molar-refractivity contribution in [3.05, 3.63) is 46.1 Å². The molecule has 0 bridgehead atoms. The van der Waals surface area contributed by atoms with Gasteiger partial charge in [0.1, 0.15) is 23.2 Å². The summed E-state index contributed by atoms with van der Waals surface area (Å²) in [5.74, 6) is -0.496. The third-order valence-electron chi connectivity index (χ3n) is 2.41. The van der Waals surface area contributed by atoms with Crippen LogP contribution < -0.4 is 0 Å². The average molecular weight is 317 g/mol. The first-order valence-corrected chi connectivity index (χ1v) is 6.18. The van der Waals surface area contributed by atoms with Crippen molar-refractivity contribution in [2.75, 3.05) is 0 Å². The molecule has 0 saturated carbocycles. The fraction of sp³-hybridized carbons (Fsp3) is 0.231. The van der Waals surface area contributed by atoms with E-state index >= 15 is 0 Å². The first-order valence-electron chi connectivity index (χ1n) is 5.39. The molecule has 0 radical (unpaired) electrons. The van der Waals surface area contributed by atoms with Crippen LogP contribution in [0.25, 0.3) is 11.3 Å². The minimum atomic E-state index is -0.695. The highest BCUT2D eigenvalue weighted by Gasteiger charge is 2.15. The fourth-order valence-corrected chi connectivity index (χ4v) is 2.29. The van der Waals surface area contributed by atoms with Gasteiger partial charge in [0.2, 0.25) is 0 Å². The molecule has 1 atom stereocenters. The molecule has 0 aliphatic carbocycles. The number of hydrogen-bond donors (Lipinski definition) is 1. The first kappa shape index (κ1) is 13.2. The Morgan fingerprint density at radius 3 is 2.67 bits per heavy atom. The Morgan fingerprint density at radius 1 is 1.33 bits per heavy atom. The van der Waals surface area contributed by atoms with Gasteiger partial charge in [0.05, 0.1) is 11.7 Å². The number of hydrogen-bond acceptors (Lipinski definition) is 2. The molecule has 2 aromatic rings. The first-order chi connectivity index (χ1) is 8.47. The lowest BCUT2D eigenvalue weighted by Gasteiger charge is -2.04. The number of aliphatic hydroxyl groups is 1. The van der Waals surface area contributed by atoms with Crippen molar-refractivity contribution in [1.82, 2.24) is 0 Å². The zero-order valence-electron chi connectivity index (χ0n) is 9.58. The van der Waals surface area contributed by atoms with E-state index in [-0.39, 0.29) is 10.0 Å². The predicted octanol–water partition coefficient (Wildman–Crippen LogP) is 3.91. The summed E-state index contributed by atoms with van der Waals surface area (Å²) in [7, 11) is 0. The van der Waals surface area contributed by atoms with Crippen molar-refractivity contribution in [3.8, 4) is 11.3 Å². The topological polar surface area (TPSA) is 33.4 Å². The second-order valence-electron chi connectivity index (χ2n) is 4.06. The van der Waals surface area contributed by atoms with Crippen LogP contribution in [-0.2, 0) is 6.42 Å². The second-order valence-corrected chi connectivity index (χ2v) is 4.92. The molecule has 0 spiro atoms. The minimum absolute atomic E-state index is 0.174. The van der Waals surface area contributed by atoms with Gasteiger partial charge in [0.25, 0.3) is 0 Å². The number of rotatable bonds is 3. The van der Waals surface area contributed by atoms with Crippen molar-refractivity contribution >= 4 is 15.9 Å². The maximum absolute atomic E-state index is 13.7. The molecule has 5 heteroatoms. The highest BCUT2D eigenvalue weighted by Crippen LogP contribution is 2.33. The Bertz CT molecular complexity index is 541. The Labute approximate surface area is 111 Å². The van der Waals surface area contributed by atoms with E-state index in [2.05, 4.69) is 15.9 Å². The molecular weight excluding hydrogens is 306 g/mol. The molecule has 1 aromatic carbocycles. The van der Waals surface area contributed by atoms with Gasteiger partial charge in [-0.15, -0.1) is 0 Å². The van der Waals surface area contributed by atoms with Gasteiger partial charge in [0, 0.05) is 17.0 Å². The normalized spacial score (nSPS) is 12.7. The minimum Gasteiger partial charge on any atom is -0.461 e. The van der Waals surface area contributed by atoms with Crippen LogP contribution >= 0.6 is 15.9 Å². The van der Waals surface area contributed by atoms with Crippen LogP contribution in [0.4, 0.5) is 8.78 Å². The highest BCUT2D eigenvalue weighted by molar-refractivity contribution is 9.10. The number of benzene rings is 1. The van der Waals surface area contributed by atoms with Crippen molar-refractivity contribution in [2.45, 2.75) is 19.4 Å². The summed E-state index contributed by atoms with van der Waals surface area (Å²) in [5.41, 5.74) is 0.174. The van der Waals surface area contributed by atoms with Crippen LogP contribution in [0.3, 0.4) is 0 Å². The maximum atomic E-state index is 13.7. The predicted molar refractivity (Wildman–Crippen MR) is 67.1 cm³/mol. The van der Waals surface area contributed by atoms with Crippen molar-refractivity contribution in [2.24, 2.45) is 0 Å². The molecule has 1 unspecified atom stereocenters. The number of halogens is 3. The second kappa shape index (κ2) is 5.20. The van der Waals surface area contributed by atoms with Gasteiger partial charge >= 0.3 is 0 Å². The Kier molecular flexibility index (Phi) is 3.82. The van der Waals surface area contributed by atoms with Gasteiger partial charge in [0.15, 0.2) is 0 Å². The quantitative estimate of drug-likeness (QED) is 0.931. The summed E-state index contributed by atoms with van der Waals surface area (Å²) in [5, 5.41) is 9.24. The van der Waals surface area contributed by atoms with E-state index in [0.717, 1.165) is 6.07 Å². The molecule has 0 amide bonds. The van der Waals surface area contributed by atoms with E-state index in [1.165, 1.54) is 6.07 Å². The van der Waals surface area contributed by atoms with Crippen LogP contribution in [0, 0.1) is 11.6 Å². The van der Waals surface area contributed by atoms with Gasteiger partial charge in [-0.25, -0.2) is 8.78 Å². The number of aliphatic hydroxyl groups excluding tert-OH is 1. The van der Waals surface area contributed by atoms with Gasteiger partial charge < -0.3 is 9.52 Å². The Morgan fingerprint density at radius 2 is 2.06 bits per heavy atom. The monoisotopic (exact) mass is 316 g/mol. The smallest absolute Gasteiger partial charge is 0.138 e. The molecule has 1 aromatic heterocycles. The SMILES string of the molecule is CC(O)Cc1ccc(-c2c(F)cc(F)cc2Br)o1. The molecule has 2 rings (SSSR count). The van der Waals surface area contributed by atoms with E-state index in [1.54, 1.807) is 19.1 Å². The molecule has 0 aliphatic rings. The molecular formula is C13H11BrF2O2. The van der Waals surface area contributed by atoms with Crippen molar-refractivity contribution in [3.63, 3.8) is 0 Å². The average Bonchev–Trinajstić information content (AvgIpc) is 2.63. The van der Waals surface area contributed by atoms with E-state index in [4.69, 9.17) is 4.42 Å². The van der Waals surface area contributed by atoms with Gasteiger partial charge in [-0.2, -0.15) is 0 Å². The lowest BCUT2D eigenvalue weighted by molar-refractivity contribution is 0.187. The van der Waals surface area contributed by atoms with Crippen LogP contribution in [0.15, 0.2) is 33.2 Å². The summed E-state index contributed by atoms with van der Waals surface area (Å²) in [6.45, 7) is 1.64. The molecule has 1 N–H and O–H groups in total. The zero-order chi connectivity index (χ0) is 13.3. The molecule has 96 valence electrons. The van der Waals surface area contributed by atoms with Gasteiger partial charge in [-0.1, -0.05) is 0 Å². The van der Waals surface area contributed by atoms with E-state index < -0.39 is 17.7 Å². The molecule has 2 nitrogen and oxygen atoms in total. The van der Waals surface area contributed by atoms with Gasteiger partial charge in [-0.3, -0.25) is 0 Å². The van der Waals surface area contributed by atoms with Crippen LogP contribution in [-0.4, -0.2) is 11.2 Å². The maximum Gasteiger partial charge on any atom is 0.138 e. The van der Waals surface area contributed by atoms with Gasteiger partial charge in [-0.05, 0) is 41.1 Å². The molecule has 0 saturated heterocycles. The van der Waals surface area contributed by atoms with Crippen LogP contribution in [0.1, 0.15) is 12.7 Å². The third kappa shape index (κ3) is 2.79. The largest absolute Gasteiger partial charge is 0.461 e. The summed E-state index contributed by atoms with van der Waals surface area (Å²) in [6.07, 6.45) is -0.189. The molecule has 0 fully saturated rings. The van der Waals surface area contributed by atoms with Crippen LogP contribution in [0.5, 0.6) is 0 Å². The standard InChI is InChI=1S/C13H11BrF2O2/c1-7(17)4-9-2-3-12(18-9)13-10(14)5-8(15)6-11(13)16/h2-3,5-7,17H,4H2,1H3. The van der Waals surface area contributed by atoms with E-state index in [9.17, 15) is 13.9 Å². The molecule has 0 aliphatic heterocycles. The summed E-state index contributed by atoms with van der Waals surface area (Å²) >= 11 is 3.11. The zero-order valence-corrected chi connectivity index (χ0v) is 11.2.